The molecule has 0 radical (unpaired) electrons. The highest BCUT2D eigenvalue weighted by Gasteiger charge is 2.13. The second-order valence-corrected chi connectivity index (χ2v) is 5.35. The van der Waals surface area contributed by atoms with E-state index < -0.39 is 0 Å². The van der Waals surface area contributed by atoms with Gasteiger partial charge in [-0.2, -0.15) is 0 Å². The summed E-state index contributed by atoms with van der Waals surface area (Å²) >= 11 is 7.30. The van der Waals surface area contributed by atoms with E-state index in [4.69, 9.17) is 16.3 Å². The van der Waals surface area contributed by atoms with Crippen LogP contribution in [0.4, 0.5) is 0 Å². The molecular formula is C12H16ClNO2S. The van der Waals surface area contributed by atoms with Gasteiger partial charge in [0.25, 0.3) is 0 Å². The van der Waals surface area contributed by atoms with Crippen molar-refractivity contribution in [1.82, 2.24) is 5.32 Å². The van der Waals surface area contributed by atoms with E-state index in [2.05, 4.69) is 5.32 Å². The van der Waals surface area contributed by atoms with Crippen molar-refractivity contribution in [2.24, 2.45) is 0 Å². The van der Waals surface area contributed by atoms with Gasteiger partial charge in [0.15, 0.2) is 0 Å². The second kappa shape index (κ2) is 7.58. The summed E-state index contributed by atoms with van der Waals surface area (Å²) in [5.74, 6) is 0.0157. The van der Waals surface area contributed by atoms with Crippen molar-refractivity contribution >= 4 is 29.3 Å². The molecule has 1 N–H and O–H groups in total. The van der Waals surface area contributed by atoms with Gasteiger partial charge in [0.05, 0.1) is 11.9 Å². The van der Waals surface area contributed by atoms with E-state index in [-0.39, 0.29) is 11.2 Å². The highest BCUT2D eigenvalue weighted by molar-refractivity contribution is 8.00. The van der Waals surface area contributed by atoms with Crippen LogP contribution in [0.3, 0.4) is 0 Å². The van der Waals surface area contributed by atoms with Gasteiger partial charge in [-0.15, -0.1) is 11.8 Å². The molecule has 0 aliphatic carbocycles. The van der Waals surface area contributed by atoms with Crippen LogP contribution in [-0.2, 0) is 9.53 Å². The van der Waals surface area contributed by atoms with Crippen LogP contribution in [0.5, 0.6) is 0 Å². The van der Waals surface area contributed by atoms with Crippen molar-refractivity contribution in [2.45, 2.75) is 17.1 Å². The lowest BCUT2D eigenvalue weighted by molar-refractivity contribution is -0.120. The van der Waals surface area contributed by atoms with Crippen molar-refractivity contribution in [1.29, 1.82) is 0 Å². The van der Waals surface area contributed by atoms with Crippen LogP contribution >= 0.6 is 23.4 Å². The summed E-state index contributed by atoms with van der Waals surface area (Å²) in [6, 6.07) is 7.46. The molecule has 17 heavy (non-hydrogen) atoms. The summed E-state index contributed by atoms with van der Waals surface area (Å²) in [5.41, 5.74) is 0. The van der Waals surface area contributed by atoms with Crippen LogP contribution in [0.1, 0.15) is 6.92 Å². The molecule has 5 heteroatoms. The van der Waals surface area contributed by atoms with Crippen LogP contribution in [0.15, 0.2) is 29.2 Å². The predicted molar refractivity (Wildman–Crippen MR) is 71.7 cm³/mol. The molecule has 0 saturated carbocycles. The summed E-state index contributed by atoms with van der Waals surface area (Å²) in [5, 5.41) is 3.37. The van der Waals surface area contributed by atoms with Gasteiger partial charge in [0.2, 0.25) is 5.91 Å². The minimum absolute atomic E-state index is 0.0157. The van der Waals surface area contributed by atoms with Gasteiger partial charge in [0.1, 0.15) is 0 Å². The summed E-state index contributed by atoms with van der Waals surface area (Å²) in [6.07, 6.45) is 0. The second-order valence-electron chi connectivity index (χ2n) is 3.50. The first kappa shape index (κ1) is 14.4. The van der Waals surface area contributed by atoms with Gasteiger partial charge in [-0.3, -0.25) is 4.79 Å². The SMILES string of the molecule is COCCNC(=O)[C@H](C)Sc1ccc(Cl)cc1. The van der Waals surface area contributed by atoms with E-state index in [1.165, 1.54) is 11.8 Å². The highest BCUT2D eigenvalue weighted by atomic mass is 35.5. The smallest absolute Gasteiger partial charge is 0.233 e. The Morgan fingerprint density at radius 2 is 2.12 bits per heavy atom. The fourth-order valence-electron chi connectivity index (χ4n) is 1.19. The van der Waals surface area contributed by atoms with Gasteiger partial charge >= 0.3 is 0 Å². The molecular weight excluding hydrogens is 258 g/mol. The van der Waals surface area contributed by atoms with Crippen LogP contribution < -0.4 is 5.32 Å². The number of amides is 1. The zero-order chi connectivity index (χ0) is 12.7. The van der Waals surface area contributed by atoms with Gasteiger partial charge in [-0.1, -0.05) is 11.6 Å². The molecule has 94 valence electrons. The quantitative estimate of drug-likeness (QED) is 0.640. The van der Waals surface area contributed by atoms with Gasteiger partial charge < -0.3 is 10.1 Å². The molecule has 1 amide bonds. The molecule has 1 atom stereocenters. The number of benzene rings is 1. The number of nitrogens with one attached hydrogen (secondary N) is 1. The Balaban J connectivity index is 2.40. The molecule has 0 aliphatic heterocycles. The van der Waals surface area contributed by atoms with Crippen LogP contribution in [-0.4, -0.2) is 31.4 Å². The Labute approximate surface area is 111 Å². The van der Waals surface area contributed by atoms with Crippen molar-refractivity contribution in [3.63, 3.8) is 0 Å². The Hall–Kier alpha value is -0.710. The van der Waals surface area contributed by atoms with E-state index in [0.717, 1.165) is 4.90 Å². The maximum atomic E-state index is 11.7. The number of thioether (sulfide) groups is 1. The predicted octanol–water partition coefficient (Wildman–Crippen LogP) is 2.58. The summed E-state index contributed by atoms with van der Waals surface area (Å²) in [6.45, 7) is 2.95. The minimum atomic E-state index is -0.131. The normalized spacial score (nSPS) is 12.2. The zero-order valence-corrected chi connectivity index (χ0v) is 11.5. The lowest BCUT2D eigenvalue weighted by Crippen LogP contribution is -2.33. The molecule has 0 bridgehead atoms. The molecule has 0 aliphatic rings. The zero-order valence-electron chi connectivity index (χ0n) is 9.90. The van der Waals surface area contributed by atoms with Crippen LogP contribution in [0.2, 0.25) is 5.02 Å². The Morgan fingerprint density at radius 1 is 1.47 bits per heavy atom. The molecule has 1 rings (SSSR count). The number of hydrogen-bond acceptors (Lipinski definition) is 3. The van der Waals surface area contributed by atoms with Crippen molar-refractivity contribution < 1.29 is 9.53 Å². The van der Waals surface area contributed by atoms with Gasteiger partial charge in [-0.25, -0.2) is 0 Å². The van der Waals surface area contributed by atoms with E-state index >= 15 is 0 Å². The Kier molecular flexibility index (Phi) is 6.40. The minimum Gasteiger partial charge on any atom is -0.383 e. The first-order valence-corrected chi connectivity index (χ1v) is 6.58. The average Bonchev–Trinajstić information content (AvgIpc) is 2.32. The average molecular weight is 274 g/mol. The van der Waals surface area contributed by atoms with E-state index in [0.29, 0.717) is 18.2 Å². The lowest BCUT2D eigenvalue weighted by Gasteiger charge is -2.11. The van der Waals surface area contributed by atoms with E-state index in [1.54, 1.807) is 7.11 Å². The van der Waals surface area contributed by atoms with Crippen molar-refractivity contribution in [3.05, 3.63) is 29.3 Å². The number of carbonyl (C=O) groups excluding carboxylic acids is 1. The third-order valence-electron chi connectivity index (χ3n) is 2.10. The number of halogens is 1. The third kappa shape index (κ3) is 5.44. The maximum absolute atomic E-state index is 11.7. The third-order valence-corrected chi connectivity index (χ3v) is 3.47. The van der Waals surface area contributed by atoms with E-state index in [9.17, 15) is 4.79 Å². The van der Waals surface area contributed by atoms with Crippen molar-refractivity contribution in [3.8, 4) is 0 Å². The molecule has 0 heterocycles. The number of ether oxygens (including phenoxy) is 1. The Bertz CT molecular complexity index is 356. The molecule has 0 aromatic heterocycles. The van der Waals surface area contributed by atoms with Gasteiger partial charge in [-0.05, 0) is 31.2 Å². The summed E-state index contributed by atoms with van der Waals surface area (Å²) in [4.78, 5) is 12.7. The molecule has 0 fully saturated rings. The highest BCUT2D eigenvalue weighted by Crippen LogP contribution is 2.24. The molecule has 1 aromatic rings. The maximum Gasteiger partial charge on any atom is 0.233 e. The van der Waals surface area contributed by atoms with Crippen molar-refractivity contribution in [2.75, 3.05) is 20.3 Å². The topological polar surface area (TPSA) is 38.3 Å². The number of rotatable bonds is 6. The lowest BCUT2D eigenvalue weighted by atomic mass is 10.4. The molecule has 0 spiro atoms. The first-order chi connectivity index (χ1) is 8.13. The number of methoxy groups -OCH3 is 1. The molecule has 0 unspecified atom stereocenters. The summed E-state index contributed by atoms with van der Waals surface area (Å²) in [7, 11) is 1.61. The first-order valence-electron chi connectivity index (χ1n) is 5.32. The van der Waals surface area contributed by atoms with Gasteiger partial charge in [0, 0.05) is 23.6 Å². The number of hydrogen-bond donors (Lipinski definition) is 1. The largest absolute Gasteiger partial charge is 0.383 e. The Morgan fingerprint density at radius 3 is 2.71 bits per heavy atom. The monoisotopic (exact) mass is 273 g/mol. The molecule has 0 saturated heterocycles. The summed E-state index contributed by atoms with van der Waals surface area (Å²) < 4.78 is 4.87. The molecule has 1 aromatic carbocycles. The van der Waals surface area contributed by atoms with Crippen LogP contribution in [0, 0.1) is 0 Å². The molecule has 3 nitrogen and oxygen atoms in total. The van der Waals surface area contributed by atoms with Crippen LogP contribution in [0.25, 0.3) is 0 Å². The number of carbonyl (C=O) groups is 1. The van der Waals surface area contributed by atoms with E-state index in [1.807, 2.05) is 31.2 Å². The standard InChI is InChI=1S/C12H16ClNO2S/c1-9(12(15)14-7-8-16-2)17-11-5-3-10(13)4-6-11/h3-6,9H,7-8H2,1-2H3,(H,14,15)/t9-/m0/s1. The fraction of sp³-hybridized carbons (Fsp3) is 0.417. The fourth-order valence-corrected chi connectivity index (χ4v) is 2.21.